The highest BCUT2D eigenvalue weighted by atomic mass is 19.1. The maximum Gasteiger partial charge on any atom is 0.411 e. The number of hydrogen-bond acceptors (Lipinski definition) is 5. The number of amides is 1. The van der Waals surface area contributed by atoms with E-state index in [9.17, 15) is 14.0 Å². The number of halogens is 1. The van der Waals surface area contributed by atoms with E-state index in [1.807, 2.05) is 0 Å². The smallest absolute Gasteiger partial charge is 0.411 e. The normalized spacial score (nSPS) is 12.2. The molecule has 1 amide bonds. The molecule has 0 aliphatic carbocycles. The Bertz CT molecular complexity index is 1080. The Morgan fingerprint density at radius 1 is 1.13 bits per heavy atom. The van der Waals surface area contributed by atoms with Gasteiger partial charge in [-0.05, 0) is 48.2 Å². The van der Waals surface area contributed by atoms with Gasteiger partial charge >= 0.3 is 11.7 Å². The number of nitrogens with one attached hydrogen (secondary N) is 2. The Labute approximate surface area is 174 Å². The fraction of sp³-hybridized carbons (Fsp3) is 0.304. The van der Waals surface area contributed by atoms with Crippen molar-refractivity contribution < 1.29 is 18.3 Å². The summed E-state index contributed by atoms with van der Waals surface area (Å²) in [6, 6.07) is 13.0. The molecule has 0 saturated carbocycles. The third-order valence-corrected chi connectivity index (χ3v) is 4.76. The van der Waals surface area contributed by atoms with Crippen LogP contribution in [0.25, 0.3) is 11.0 Å². The summed E-state index contributed by atoms with van der Waals surface area (Å²) in [6.45, 7) is 6.55. The lowest BCUT2D eigenvalue weighted by molar-refractivity contribution is 0.168. The number of carbonyl (C=O) groups is 1. The van der Waals surface area contributed by atoms with E-state index in [2.05, 4.69) is 24.5 Å². The van der Waals surface area contributed by atoms with Crippen LogP contribution >= 0.6 is 0 Å². The molecule has 1 heterocycles. The van der Waals surface area contributed by atoms with Crippen LogP contribution in [-0.4, -0.2) is 12.7 Å². The van der Waals surface area contributed by atoms with E-state index in [4.69, 9.17) is 9.15 Å². The molecule has 0 spiro atoms. The van der Waals surface area contributed by atoms with Gasteiger partial charge < -0.3 is 14.5 Å². The van der Waals surface area contributed by atoms with Gasteiger partial charge in [0, 0.05) is 35.8 Å². The molecule has 2 N–H and O–H groups in total. The summed E-state index contributed by atoms with van der Waals surface area (Å²) in [5.41, 5.74) is 2.11. The molecule has 0 radical (unpaired) electrons. The SMILES string of the molecule is CCOC(=O)Nc1ccc2c(CNC(c3ccc(F)cc3)C(C)C)cc(=O)oc2c1. The Morgan fingerprint density at radius 2 is 1.87 bits per heavy atom. The minimum absolute atomic E-state index is 0.0161. The van der Waals surface area contributed by atoms with Crippen LogP contribution in [0, 0.1) is 11.7 Å². The Morgan fingerprint density at radius 3 is 2.53 bits per heavy atom. The Hall–Kier alpha value is -3.19. The maximum absolute atomic E-state index is 13.3. The topological polar surface area (TPSA) is 80.6 Å². The first kappa shape index (κ1) is 21.5. The highest BCUT2D eigenvalue weighted by Crippen LogP contribution is 2.25. The molecular formula is C23H25FN2O4. The predicted molar refractivity (Wildman–Crippen MR) is 114 cm³/mol. The summed E-state index contributed by atoms with van der Waals surface area (Å²) in [6.07, 6.45) is -0.573. The lowest BCUT2D eigenvalue weighted by Crippen LogP contribution is -2.26. The molecule has 0 aliphatic heterocycles. The predicted octanol–water partition coefficient (Wildman–Crippen LogP) is 4.99. The van der Waals surface area contributed by atoms with Crippen molar-refractivity contribution in [1.82, 2.24) is 5.32 Å². The van der Waals surface area contributed by atoms with E-state index >= 15 is 0 Å². The summed E-state index contributed by atoms with van der Waals surface area (Å²) in [5, 5.41) is 6.82. The molecule has 1 unspecified atom stereocenters. The molecule has 0 saturated heterocycles. The first-order valence-corrected chi connectivity index (χ1v) is 9.86. The molecule has 1 aromatic heterocycles. The van der Waals surface area contributed by atoms with Crippen molar-refractivity contribution in [1.29, 1.82) is 0 Å². The number of hydrogen-bond donors (Lipinski definition) is 2. The summed E-state index contributed by atoms with van der Waals surface area (Å²) in [5.74, 6) is -0.0256. The zero-order valence-corrected chi connectivity index (χ0v) is 17.2. The largest absolute Gasteiger partial charge is 0.450 e. The Balaban J connectivity index is 1.85. The zero-order chi connectivity index (χ0) is 21.7. The van der Waals surface area contributed by atoms with Gasteiger partial charge in [-0.15, -0.1) is 0 Å². The minimum Gasteiger partial charge on any atom is -0.450 e. The van der Waals surface area contributed by atoms with Gasteiger partial charge in [-0.1, -0.05) is 26.0 Å². The molecule has 158 valence electrons. The van der Waals surface area contributed by atoms with Gasteiger partial charge in [-0.2, -0.15) is 0 Å². The number of benzene rings is 2. The quantitative estimate of drug-likeness (QED) is 0.535. The second-order valence-corrected chi connectivity index (χ2v) is 7.30. The monoisotopic (exact) mass is 412 g/mol. The Kier molecular flexibility index (Phi) is 6.84. The fourth-order valence-corrected chi connectivity index (χ4v) is 3.37. The van der Waals surface area contributed by atoms with Gasteiger partial charge in [0.25, 0.3) is 0 Å². The minimum atomic E-state index is -0.573. The van der Waals surface area contributed by atoms with Crippen molar-refractivity contribution in [2.45, 2.75) is 33.4 Å². The van der Waals surface area contributed by atoms with Gasteiger partial charge in [0.05, 0.1) is 6.61 Å². The lowest BCUT2D eigenvalue weighted by atomic mass is 9.95. The van der Waals surface area contributed by atoms with Gasteiger partial charge in [0.2, 0.25) is 0 Å². The summed E-state index contributed by atoms with van der Waals surface area (Å²) in [4.78, 5) is 23.7. The highest BCUT2D eigenvalue weighted by Gasteiger charge is 2.17. The number of ether oxygens (including phenoxy) is 1. The average molecular weight is 412 g/mol. The van der Waals surface area contributed by atoms with E-state index in [1.165, 1.54) is 18.2 Å². The lowest BCUT2D eigenvalue weighted by Gasteiger charge is -2.23. The summed E-state index contributed by atoms with van der Waals surface area (Å²) < 4.78 is 23.5. The van der Waals surface area contributed by atoms with Crippen LogP contribution in [0.3, 0.4) is 0 Å². The summed E-state index contributed by atoms with van der Waals surface area (Å²) in [7, 11) is 0. The third-order valence-electron chi connectivity index (χ3n) is 4.76. The van der Waals surface area contributed by atoms with Crippen LogP contribution < -0.4 is 16.3 Å². The zero-order valence-electron chi connectivity index (χ0n) is 17.2. The third kappa shape index (κ3) is 5.24. The first-order chi connectivity index (χ1) is 14.4. The molecule has 6 nitrogen and oxygen atoms in total. The molecule has 1 atom stereocenters. The molecular weight excluding hydrogens is 387 g/mol. The van der Waals surface area contributed by atoms with E-state index in [0.29, 0.717) is 17.8 Å². The van der Waals surface area contributed by atoms with Crippen molar-refractivity contribution in [2.75, 3.05) is 11.9 Å². The van der Waals surface area contributed by atoms with Crippen molar-refractivity contribution in [2.24, 2.45) is 5.92 Å². The molecule has 3 aromatic rings. The van der Waals surface area contributed by atoms with Gasteiger partial charge in [0.15, 0.2) is 0 Å². The van der Waals surface area contributed by atoms with E-state index in [1.54, 1.807) is 37.3 Å². The number of rotatable bonds is 7. The molecule has 0 aliphatic rings. The van der Waals surface area contributed by atoms with Gasteiger partial charge in [0.1, 0.15) is 11.4 Å². The van der Waals surface area contributed by atoms with Crippen molar-refractivity contribution in [3.63, 3.8) is 0 Å². The first-order valence-electron chi connectivity index (χ1n) is 9.86. The van der Waals surface area contributed by atoms with Crippen LogP contribution in [0.1, 0.15) is 37.9 Å². The average Bonchev–Trinajstić information content (AvgIpc) is 2.69. The highest BCUT2D eigenvalue weighted by molar-refractivity contribution is 5.89. The summed E-state index contributed by atoms with van der Waals surface area (Å²) >= 11 is 0. The number of fused-ring (bicyclic) bond motifs is 1. The number of anilines is 1. The van der Waals surface area contributed by atoms with Gasteiger partial charge in [-0.3, -0.25) is 5.32 Å². The second kappa shape index (κ2) is 9.54. The standard InChI is InChI=1S/C23H25FN2O4/c1-4-29-23(28)26-18-9-10-19-16(11-21(27)30-20(19)12-18)13-25-22(14(2)3)15-5-7-17(24)8-6-15/h5-12,14,22,25H,4,13H2,1-3H3,(H,26,28). The van der Waals surface area contributed by atoms with Crippen LogP contribution in [0.2, 0.25) is 0 Å². The van der Waals surface area contributed by atoms with Crippen molar-refractivity contribution in [3.05, 3.63) is 75.9 Å². The van der Waals surface area contributed by atoms with E-state index < -0.39 is 11.7 Å². The van der Waals surface area contributed by atoms with Crippen molar-refractivity contribution >= 4 is 22.7 Å². The van der Waals surface area contributed by atoms with Crippen LogP contribution in [0.5, 0.6) is 0 Å². The second-order valence-electron chi connectivity index (χ2n) is 7.30. The molecule has 2 aromatic carbocycles. The van der Waals surface area contributed by atoms with Crippen molar-refractivity contribution in [3.8, 4) is 0 Å². The fourth-order valence-electron chi connectivity index (χ4n) is 3.37. The van der Waals surface area contributed by atoms with E-state index in [-0.39, 0.29) is 24.4 Å². The van der Waals surface area contributed by atoms with Gasteiger partial charge in [-0.25, -0.2) is 14.0 Å². The van der Waals surface area contributed by atoms with E-state index in [0.717, 1.165) is 16.5 Å². The molecule has 7 heteroatoms. The molecule has 0 fully saturated rings. The maximum atomic E-state index is 13.3. The molecule has 0 bridgehead atoms. The molecule has 3 rings (SSSR count). The molecule has 30 heavy (non-hydrogen) atoms. The van der Waals surface area contributed by atoms with Crippen LogP contribution in [-0.2, 0) is 11.3 Å². The van der Waals surface area contributed by atoms with Crippen LogP contribution in [0.4, 0.5) is 14.9 Å². The number of carbonyl (C=O) groups excluding carboxylic acids is 1. The van der Waals surface area contributed by atoms with Crippen LogP contribution in [0.15, 0.2) is 57.7 Å².